The first-order valence-electron chi connectivity index (χ1n) is 6.25. The topological polar surface area (TPSA) is 21.3 Å². The lowest BCUT2D eigenvalue weighted by molar-refractivity contribution is 0.0606. The van der Waals surface area contributed by atoms with Gasteiger partial charge in [-0.15, -0.1) is 0 Å². The molecular weight excluding hydrogens is 278 g/mol. The first kappa shape index (κ1) is 12.9. The first-order chi connectivity index (χ1) is 8.19. The Hall–Kier alpha value is -0.540. The highest BCUT2D eigenvalue weighted by molar-refractivity contribution is 9.10. The lowest BCUT2D eigenvalue weighted by atomic mass is 9.92. The van der Waals surface area contributed by atoms with E-state index in [0.29, 0.717) is 12.1 Å². The summed E-state index contributed by atoms with van der Waals surface area (Å²) in [6.07, 6.45) is 5.30. The van der Waals surface area contributed by atoms with Gasteiger partial charge in [-0.05, 0) is 43.5 Å². The largest absolute Gasteiger partial charge is 0.380 e. The van der Waals surface area contributed by atoms with Gasteiger partial charge in [-0.1, -0.05) is 28.8 Å². The molecule has 1 N–H and O–H groups in total. The monoisotopic (exact) mass is 297 g/mol. The fourth-order valence-corrected chi connectivity index (χ4v) is 3.19. The van der Waals surface area contributed by atoms with Crippen molar-refractivity contribution in [3.05, 3.63) is 28.2 Å². The van der Waals surface area contributed by atoms with Gasteiger partial charge in [0.25, 0.3) is 0 Å². The van der Waals surface area contributed by atoms with Gasteiger partial charge >= 0.3 is 0 Å². The van der Waals surface area contributed by atoms with Crippen molar-refractivity contribution in [1.82, 2.24) is 0 Å². The molecule has 1 fully saturated rings. The molecular formula is C14H20BrNO. The van der Waals surface area contributed by atoms with Gasteiger partial charge < -0.3 is 10.1 Å². The molecule has 94 valence electrons. The maximum Gasteiger partial charge on any atom is 0.0772 e. The van der Waals surface area contributed by atoms with Crippen LogP contribution in [0.5, 0.6) is 0 Å². The smallest absolute Gasteiger partial charge is 0.0772 e. The highest BCUT2D eigenvalue weighted by Gasteiger charge is 2.24. The molecule has 0 saturated heterocycles. The zero-order chi connectivity index (χ0) is 12.3. The molecule has 0 aliphatic heterocycles. The number of hydrogen-bond donors (Lipinski definition) is 1. The minimum Gasteiger partial charge on any atom is -0.380 e. The molecule has 0 bridgehead atoms. The number of nitrogens with one attached hydrogen (secondary N) is 1. The van der Waals surface area contributed by atoms with Gasteiger partial charge in [-0.25, -0.2) is 0 Å². The standard InChI is InChI=1S/C14H20BrNO/c1-10-7-11(15)9-12(8-10)16-13-5-3-4-6-14(13)17-2/h7-9,13-14,16H,3-6H2,1-2H3. The molecule has 2 nitrogen and oxygen atoms in total. The van der Waals surface area contributed by atoms with Crippen LogP contribution in [0.3, 0.4) is 0 Å². The third-order valence-corrected chi connectivity index (χ3v) is 3.86. The Morgan fingerprint density at radius 3 is 2.71 bits per heavy atom. The molecule has 0 radical (unpaired) electrons. The highest BCUT2D eigenvalue weighted by atomic mass is 79.9. The number of anilines is 1. The number of benzene rings is 1. The molecule has 1 aromatic carbocycles. The van der Waals surface area contributed by atoms with Crippen LogP contribution < -0.4 is 5.32 Å². The fraction of sp³-hybridized carbons (Fsp3) is 0.571. The molecule has 1 aliphatic carbocycles. The summed E-state index contributed by atoms with van der Waals surface area (Å²) in [6.45, 7) is 2.12. The van der Waals surface area contributed by atoms with Crippen LogP contribution in [0.15, 0.2) is 22.7 Å². The Balaban J connectivity index is 2.08. The number of rotatable bonds is 3. The molecule has 0 amide bonds. The molecule has 2 unspecified atom stereocenters. The quantitative estimate of drug-likeness (QED) is 0.906. The Labute approximate surface area is 112 Å². The van der Waals surface area contributed by atoms with Gasteiger partial charge in [0, 0.05) is 17.3 Å². The van der Waals surface area contributed by atoms with E-state index < -0.39 is 0 Å². The van der Waals surface area contributed by atoms with Crippen molar-refractivity contribution in [2.75, 3.05) is 12.4 Å². The van der Waals surface area contributed by atoms with Crippen LogP contribution in [0.4, 0.5) is 5.69 Å². The summed E-state index contributed by atoms with van der Waals surface area (Å²) in [6, 6.07) is 6.89. The average Bonchev–Trinajstić information content (AvgIpc) is 2.28. The molecule has 17 heavy (non-hydrogen) atoms. The number of aryl methyl sites for hydroxylation is 1. The van der Waals surface area contributed by atoms with E-state index in [1.165, 1.54) is 36.9 Å². The second-order valence-corrected chi connectivity index (χ2v) is 5.74. The van der Waals surface area contributed by atoms with Gasteiger partial charge in [0.15, 0.2) is 0 Å². The van der Waals surface area contributed by atoms with Crippen LogP contribution in [0.2, 0.25) is 0 Å². The Morgan fingerprint density at radius 1 is 1.24 bits per heavy atom. The summed E-state index contributed by atoms with van der Waals surface area (Å²) < 4.78 is 6.69. The number of hydrogen-bond acceptors (Lipinski definition) is 2. The van der Waals surface area contributed by atoms with Crippen LogP contribution in [-0.2, 0) is 4.74 Å². The van der Waals surface area contributed by atoms with Crippen LogP contribution in [0.1, 0.15) is 31.2 Å². The van der Waals surface area contributed by atoms with Crippen molar-refractivity contribution in [3.63, 3.8) is 0 Å². The average molecular weight is 298 g/mol. The van der Waals surface area contributed by atoms with Crippen molar-refractivity contribution >= 4 is 21.6 Å². The zero-order valence-corrected chi connectivity index (χ0v) is 12.1. The summed E-state index contributed by atoms with van der Waals surface area (Å²) in [4.78, 5) is 0. The second-order valence-electron chi connectivity index (χ2n) is 4.83. The van der Waals surface area contributed by atoms with E-state index in [-0.39, 0.29) is 0 Å². The summed E-state index contributed by atoms with van der Waals surface area (Å²) in [5.41, 5.74) is 2.46. The Kier molecular flexibility index (Phi) is 4.46. The van der Waals surface area contributed by atoms with Crippen LogP contribution in [-0.4, -0.2) is 19.3 Å². The van der Waals surface area contributed by atoms with Crippen molar-refractivity contribution in [1.29, 1.82) is 0 Å². The minimum atomic E-state index is 0.350. The number of ether oxygens (including phenoxy) is 1. The van der Waals surface area contributed by atoms with Crippen molar-refractivity contribution in [2.24, 2.45) is 0 Å². The molecule has 3 heteroatoms. The molecule has 2 rings (SSSR count). The van der Waals surface area contributed by atoms with Gasteiger partial charge in [0.05, 0.1) is 12.1 Å². The van der Waals surface area contributed by atoms with Gasteiger partial charge in [-0.2, -0.15) is 0 Å². The Bertz CT molecular complexity index is 360. The van der Waals surface area contributed by atoms with Crippen LogP contribution in [0, 0.1) is 6.92 Å². The summed E-state index contributed by atoms with van der Waals surface area (Å²) in [5, 5.41) is 3.61. The van der Waals surface area contributed by atoms with E-state index in [1.54, 1.807) is 0 Å². The highest BCUT2D eigenvalue weighted by Crippen LogP contribution is 2.26. The first-order valence-corrected chi connectivity index (χ1v) is 7.05. The summed E-state index contributed by atoms with van der Waals surface area (Å²) in [5.74, 6) is 0. The van der Waals surface area contributed by atoms with E-state index in [1.807, 2.05) is 7.11 Å². The molecule has 2 atom stereocenters. The third kappa shape index (κ3) is 3.46. The van der Waals surface area contributed by atoms with E-state index in [0.717, 1.165) is 4.47 Å². The normalized spacial score (nSPS) is 24.6. The molecule has 1 aromatic rings. The number of halogens is 1. The van der Waals surface area contributed by atoms with Crippen LogP contribution in [0.25, 0.3) is 0 Å². The zero-order valence-electron chi connectivity index (χ0n) is 10.5. The molecule has 0 spiro atoms. The van der Waals surface area contributed by atoms with E-state index in [9.17, 15) is 0 Å². The SMILES string of the molecule is COC1CCCCC1Nc1cc(C)cc(Br)c1. The van der Waals surface area contributed by atoms with E-state index in [2.05, 4.69) is 46.4 Å². The maximum absolute atomic E-state index is 5.56. The van der Waals surface area contributed by atoms with Gasteiger partial charge in [0.2, 0.25) is 0 Å². The molecule has 1 saturated carbocycles. The van der Waals surface area contributed by atoms with E-state index in [4.69, 9.17) is 4.74 Å². The predicted octanol–water partition coefficient (Wildman–Crippen LogP) is 4.13. The van der Waals surface area contributed by atoms with E-state index >= 15 is 0 Å². The van der Waals surface area contributed by atoms with Gasteiger partial charge in [-0.3, -0.25) is 0 Å². The minimum absolute atomic E-state index is 0.350. The van der Waals surface area contributed by atoms with Gasteiger partial charge in [0.1, 0.15) is 0 Å². The lowest BCUT2D eigenvalue weighted by Crippen LogP contribution is -2.37. The summed E-state index contributed by atoms with van der Waals surface area (Å²) in [7, 11) is 1.82. The van der Waals surface area contributed by atoms with Crippen LogP contribution >= 0.6 is 15.9 Å². The lowest BCUT2D eigenvalue weighted by Gasteiger charge is -2.32. The predicted molar refractivity (Wildman–Crippen MR) is 75.6 cm³/mol. The number of methoxy groups -OCH3 is 1. The Morgan fingerprint density at radius 2 is 2.00 bits per heavy atom. The molecule has 1 aliphatic rings. The third-order valence-electron chi connectivity index (χ3n) is 3.40. The molecule has 0 aromatic heterocycles. The fourth-order valence-electron chi connectivity index (χ4n) is 2.58. The maximum atomic E-state index is 5.56. The van der Waals surface area contributed by atoms with Crippen molar-refractivity contribution < 1.29 is 4.74 Å². The summed E-state index contributed by atoms with van der Waals surface area (Å²) >= 11 is 3.54. The van der Waals surface area contributed by atoms with Crippen molar-refractivity contribution in [2.45, 2.75) is 44.8 Å². The molecule has 0 heterocycles. The second kappa shape index (κ2) is 5.87. The van der Waals surface area contributed by atoms with Crippen molar-refractivity contribution in [3.8, 4) is 0 Å².